The standard InChI is InChI=1S/C14H19NO2S/c1-11-6-7-15(14(11)10-17)9-13-5-4-12(18-13)3-2-8-16/h4-5,11,14,16-17H,6-10H2,1H3. The molecule has 2 N–H and O–H groups in total. The monoisotopic (exact) mass is 265 g/mol. The number of nitrogens with zero attached hydrogens (tertiary/aromatic N) is 1. The number of aliphatic hydroxyl groups is 2. The third-order valence-electron chi connectivity index (χ3n) is 3.50. The average molecular weight is 265 g/mol. The first-order chi connectivity index (χ1) is 8.74. The molecule has 98 valence electrons. The summed E-state index contributed by atoms with van der Waals surface area (Å²) in [4.78, 5) is 4.61. The lowest BCUT2D eigenvalue weighted by molar-refractivity contribution is 0.135. The molecule has 2 rings (SSSR count). The molecule has 0 aliphatic carbocycles. The third kappa shape index (κ3) is 3.12. The molecule has 1 aliphatic heterocycles. The predicted molar refractivity (Wildman–Crippen MR) is 73.3 cm³/mol. The van der Waals surface area contributed by atoms with Gasteiger partial charge in [-0.15, -0.1) is 11.3 Å². The Hall–Kier alpha value is -0.860. The smallest absolute Gasteiger partial charge is 0.104 e. The summed E-state index contributed by atoms with van der Waals surface area (Å²) in [6, 6.07) is 4.37. The van der Waals surface area contributed by atoms with Crippen LogP contribution in [0.1, 0.15) is 23.1 Å². The number of aliphatic hydroxyl groups excluding tert-OH is 2. The molecule has 2 unspecified atom stereocenters. The van der Waals surface area contributed by atoms with E-state index in [0.29, 0.717) is 12.0 Å². The quantitative estimate of drug-likeness (QED) is 0.810. The Bertz CT molecular complexity index is 446. The van der Waals surface area contributed by atoms with Crippen LogP contribution in [-0.2, 0) is 6.54 Å². The van der Waals surface area contributed by atoms with Crippen molar-refractivity contribution in [1.29, 1.82) is 0 Å². The summed E-state index contributed by atoms with van der Waals surface area (Å²) in [5.41, 5.74) is 0. The zero-order valence-corrected chi connectivity index (χ0v) is 11.4. The van der Waals surface area contributed by atoms with Gasteiger partial charge in [-0.25, -0.2) is 0 Å². The van der Waals surface area contributed by atoms with Crippen molar-refractivity contribution in [3.63, 3.8) is 0 Å². The Balaban J connectivity index is 1.99. The fourth-order valence-electron chi connectivity index (χ4n) is 2.44. The van der Waals surface area contributed by atoms with Gasteiger partial charge in [-0.3, -0.25) is 4.90 Å². The van der Waals surface area contributed by atoms with E-state index in [2.05, 4.69) is 29.7 Å². The lowest BCUT2D eigenvalue weighted by Crippen LogP contribution is -2.34. The summed E-state index contributed by atoms with van der Waals surface area (Å²) in [6.07, 6.45) is 1.16. The first-order valence-corrected chi connectivity index (χ1v) is 7.09. The van der Waals surface area contributed by atoms with Gasteiger partial charge < -0.3 is 10.2 Å². The molecule has 1 aromatic rings. The summed E-state index contributed by atoms with van der Waals surface area (Å²) < 4.78 is 0. The van der Waals surface area contributed by atoms with Crippen LogP contribution in [0.25, 0.3) is 0 Å². The zero-order chi connectivity index (χ0) is 13.0. The molecule has 1 fully saturated rings. The van der Waals surface area contributed by atoms with E-state index in [4.69, 9.17) is 5.11 Å². The summed E-state index contributed by atoms with van der Waals surface area (Å²) in [6.45, 7) is 4.30. The Morgan fingerprint density at radius 1 is 1.44 bits per heavy atom. The molecule has 0 spiro atoms. The summed E-state index contributed by atoms with van der Waals surface area (Å²) in [7, 11) is 0. The number of likely N-dealkylation sites (tertiary alicyclic amines) is 1. The maximum Gasteiger partial charge on any atom is 0.104 e. The Labute approximate surface area is 112 Å². The van der Waals surface area contributed by atoms with Gasteiger partial charge in [0.2, 0.25) is 0 Å². The molecule has 3 nitrogen and oxygen atoms in total. The van der Waals surface area contributed by atoms with Crippen LogP contribution in [-0.4, -0.2) is 40.9 Å². The first-order valence-electron chi connectivity index (χ1n) is 6.28. The van der Waals surface area contributed by atoms with Crippen molar-refractivity contribution >= 4 is 11.3 Å². The highest BCUT2D eigenvalue weighted by molar-refractivity contribution is 7.12. The Morgan fingerprint density at radius 3 is 3.00 bits per heavy atom. The van der Waals surface area contributed by atoms with Crippen LogP contribution in [0.15, 0.2) is 12.1 Å². The minimum Gasteiger partial charge on any atom is -0.395 e. The average Bonchev–Trinajstić information content (AvgIpc) is 2.95. The molecule has 0 radical (unpaired) electrons. The molecule has 0 aromatic carbocycles. The summed E-state index contributed by atoms with van der Waals surface area (Å²) in [5.74, 6) is 6.16. The molecule has 2 atom stereocenters. The van der Waals surface area contributed by atoms with Crippen molar-refractivity contribution in [3.05, 3.63) is 21.9 Å². The fraction of sp³-hybridized carbons (Fsp3) is 0.571. The highest BCUT2D eigenvalue weighted by Gasteiger charge is 2.30. The van der Waals surface area contributed by atoms with Crippen LogP contribution in [0.3, 0.4) is 0 Å². The zero-order valence-electron chi connectivity index (χ0n) is 10.6. The van der Waals surface area contributed by atoms with Gasteiger partial charge in [0, 0.05) is 17.5 Å². The molecule has 1 aromatic heterocycles. The third-order valence-corrected chi connectivity index (χ3v) is 4.48. The van der Waals surface area contributed by atoms with E-state index in [1.165, 1.54) is 4.88 Å². The SMILES string of the molecule is CC1CCN(Cc2ccc(C#CCO)s2)C1CO. The van der Waals surface area contributed by atoms with Crippen molar-refractivity contribution in [2.24, 2.45) is 5.92 Å². The molecule has 0 saturated carbocycles. The first kappa shape index (κ1) is 13.6. The molecule has 1 aliphatic rings. The van der Waals surface area contributed by atoms with Crippen molar-refractivity contribution in [2.75, 3.05) is 19.8 Å². The molecule has 18 heavy (non-hydrogen) atoms. The maximum absolute atomic E-state index is 9.42. The Morgan fingerprint density at radius 2 is 2.28 bits per heavy atom. The van der Waals surface area contributed by atoms with E-state index in [-0.39, 0.29) is 13.2 Å². The summed E-state index contributed by atoms with van der Waals surface area (Å²) in [5, 5.41) is 18.1. The number of thiophene rings is 1. The van der Waals surface area contributed by atoms with E-state index in [0.717, 1.165) is 24.4 Å². The predicted octanol–water partition coefficient (Wildman–Crippen LogP) is 1.29. The van der Waals surface area contributed by atoms with E-state index in [1.807, 2.05) is 6.07 Å². The maximum atomic E-state index is 9.42. The highest BCUT2D eigenvalue weighted by atomic mass is 32.1. The molecule has 1 saturated heterocycles. The lowest BCUT2D eigenvalue weighted by Gasteiger charge is -2.24. The van der Waals surface area contributed by atoms with Gasteiger partial charge in [-0.1, -0.05) is 18.8 Å². The van der Waals surface area contributed by atoms with E-state index < -0.39 is 0 Å². The van der Waals surface area contributed by atoms with Crippen LogP contribution < -0.4 is 0 Å². The number of hydrogen-bond donors (Lipinski definition) is 2. The highest BCUT2D eigenvalue weighted by Crippen LogP contribution is 2.27. The van der Waals surface area contributed by atoms with Gasteiger partial charge in [0.15, 0.2) is 0 Å². The largest absolute Gasteiger partial charge is 0.395 e. The van der Waals surface area contributed by atoms with Crippen LogP contribution in [0.5, 0.6) is 0 Å². The number of rotatable bonds is 3. The molecular weight excluding hydrogens is 246 g/mol. The molecule has 2 heterocycles. The number of hydrogen-bond acceptors (Lipinski definition) is 4. The van der Waals surface area contributed by atoms with Crippen molar-refractivity contribution in [2.45, 2.75) is 25.9 Å². The summed E-state index contributed by atoms with van der Waals surface area (Å²) >= 11 is 1.67. The fourth-order valence-corrected chi connectivity index (χ4v) is 3.34. The van der Waals surface area contributed by atoms with E-state index >= 15 is 0 Å². The second-order valence-corrected chi connectivity index (χ2v) is 5.88. The molecule has 0 bridgehead atoms. The topological polar surface area (TPSA) is 43.7 Å². The minimum absolute atomic E-state index is 0.0938. The van der Waals surface area contributed by atoms with Crippen molar-refractivity contribution in [3.8, 4) is 11.8 Å². The van der Waals surface area contributed by atoms with Crippen molar-refractivity contribution in [1.82, 2.24) is 4.90 Å². The Kier molecular flexibility index (Phi) is 4.79. The lowest BCUT2D eigenvalue weighted by atomic mass is 10.0. The van der Waals surface area contributed by atoms with Gasteiger partial charge in [-0.2, -0.15) is 0 Å². The second-order valence-electron chi connectivity index (χ2n) is 4.71. The molecular formula is C14H19NO2S. The van der Waals surface area contributed by atoms with Gasteiger partial charge in [0.05, 0.1) is 11.5 Å². The van der Waals surface area contributed by atoms with Crippen LogP contribution in [0.4, 0.5) is 0 Å². The molecule has 4 heteroatoms. The van der Waals surface area contributed by atoms with Crippen LogP contribution in [0, 0.1) is 17.8 Å². The van der Waals surface area contributed by atoms with Gasteiger partial charge >= 0.3 is 0 Å². The van der Waals surface area contributed by atoms with Crippen LogP contribution >= 0.6 is 11.3 Å². The van der Waals surface area contributed by atoms with Gasteiger partial charge in [-0.05, 0) is 31.0 Å². The van der Waals surface area contributed by atoms with E-state index in [1.54, 1.807) is 11.3 Å². The normalized spacial score (nSPS) is 23.9. The second kappa shape index (κ2) is 6.35. The van der Waals surface area contributed by atoms with Crippen LogP contribution in [0.2, 0.25) is 0 Å². The minimum atomic E-state index is -0.0938. The van der Waals surface area contributed by atoms with Gasteiger partial charge in [0.1, 0.15) is 6.61 Å². The van der Waals surface area contributed by atoms with Crippen molar-refractivity contribution < 1.29 is 10.2 Å². The molecule has 0 amide bonds. The van der Waals surface area contributed by atoms with Gasteiger partial charge in [0.25, 0.3) is 0 Å². The van der Waals surface area contributed by atoms with E-state index in [9.17, 15) is 5.11 Å².